The van der Waals surface area contributed by atoms with E-state index in [1.54, 1.807) is 0 Å². The van der Waals surface area contributed by atoms with Gasteiger partial charge in [0, 0.05) is 4.90 Å². The van der Waals surface area contributed by atoms with Crippen molar-refractivity contribution in [3.05, 3.63) is 30.3 Å². The molecule has 1 N–H and O–H groups in total. The van der Waals surface area contributed by atoms with E-state index in [0.29, 0.717) is 0 Å². The number of halogens is 1. The summed E-state index contributed by atoms with van der Waals surface area (Å²) in [5, 5.41) is 3.14. The Morgan fingerprint density at radius 3 is 2.54 bits per heavy atom. The minimum Gasteiger partial charge on any atom is -0.320 e. The van der Waals surface area contributed by atoms with Crippen molar-refractivity contribution < 1.29 is 0 Å². The maximum absolute atomic E-state index is 3.14. The Labute approximate surface area is 90.7 Å². The Balaban J connectivity index is 0.00000144. The zero-order chi connectivity index (χ0) is 8.65. The van der Waals surface area contributed by atoms with Gasteiger partial charge in [-0.25, -0.2) is 0 Å². The summed E-state index contributed by atoms with van der Waals surface area (Å²) in [6.07, 6.45) is 1.23. The molecule has 1 rings (SSSR count). The Bertz CT molecular complexity index is 203. The molecular weight excluding hydrogens is 202 g/mol. The summed E-state index contributed by atoms with van der Waals surface area (Å²) < 4.78 is 0. The summed E-state index contributed by atoms with van der Waals surface area (Å²) in [5.41, 5.74) is 0. The van der Waals surface area contributed by atoms with Crippen molar-refractivity contribution in [2.24, 2.45) is 0 Å². The van der Waals surface area contributed by atoms with Gasteiger partial charge in [-0.05, 0) is 37.9 Å². The molecule has 1 aromatic carbocycles. The zero-order valence-corrected chi connectivity index (χ0v) is 9.46. The third-order valence-corrected chi connectivity index (χ3v) is 2.68. The number of rotatable bonds is 5. The van der Waals surface area contributed by atoms with E-state index in [9.17, 15) is 0 Å². The van der Waals surface area contributed by atoms with Gasteiger partial charge in [0.25, 0.3) is 0 Å². The van der Waals surface area contributed by atoms with Gasteiger partial charge in [-0.2, -0.15) is 0 Å². The van der Waals surface area contributed by atoms with Gasteiger partial charge in [-0.3, -0.25) is 0 Å². The third-order valence-electron chi connectivity index (χ3n) is 1.58. The predicted molar refractivity (Wildman–Crippen MR) is 63.0 cm³/mol. The van der Waals surface area contributed by atoms with Crippen molar-refractivity contribution in [2.75, 3.05) is 19.3 Å². The van der Waals surface area contributed by atoms with Crippen LogP contribution in [0.2, 0.25) is 0 Å². The van der Waals surface area contributed by atoms with E-state index in [-0.39, 0.29) is 12.4 Å². The van der Waals surface area contributed by atoms with E-state index >= 15 is 0 Å². The van der Waals surface area contributed by atoms with Gasteiger partial charge in [0.2, 0.25) is 0 Å². The average molecular weight is 218 g/mol. The van der Waals surface area contributed by atoms with Crippen LogP contribution in [-0.2, 0) is 0 Å². The average Bonchev–Trinajstić information content (AvgIpc) is 2.14. The second-order valence-corrected chi connectivity index (χ2v) is 3.79. The highest BCUT2D eigenvalue weighted by Crippen LogP contribution is 2.17. The lowest BCUT2D eigenvalue weighted by Crippen LogP contribution is -2.07. The first-order valence-electron chi connectivity index (χ1n) is 4.26. The van der Waals surface area contributed by atoms with Crippen LogP contribution in [0.3, 0.4) is 0 Å². The molecule has 0 saturated heterocycles. The molecule has 3 heteroatoms. The number of nitrogens with one attached hydrogen (secondary N) is 1. The molecule has 1 nitrogen and oxygen atoms in total. The monoisotopic (exact) mass is 217 g/mol. The second kappa shape index (κ2) is 8.42. The Morgan fingerprint density at radius 2 is 1.92 bits per heavy atom. The predicted octanol–water partition coefficient (Wildman–Crippen LogP) is 2.81. The fraction of sp³-hybridized carbons (Fsp3) is 0.400. The number of hydrogen-bond donors (Lipinski definition) is 1. The molecule has 0 heterocycles. The largest absolute Gasteiger partial charge is 0.320 e. The molecular formula is C10H16ClNS. The van der Waals surface area contributed by atoms with Crippen molar-refractivity contribution in [1.82, 2.24) is 5.32 Å². The second-order valence-electron chi connectivity index (χ2n) is 2.62. The molecule has 0 aliphatic rings. The molecule has 0 amide bonds. The van der Waals surface area contributed by atoms with E-state index < -0.39 is 0 Å². The van der Waals surface area contributed by atoms with Gasteiger partial charge >= 0.3 is 0 Å². The maximum atomic E-state index is 3.14. The molecule has 0 unspecified atom stereocenters. The van der Waals surface area contributed by atoms with Gasteiger partial charge < -0.3 is 5.32 Å². The van der Waals surface area contributed by atoms with Crippen LogP contribution in [0.4, 0.5) is 0 Å². The number of thioether (sulfide) groups is 1. The lowest BCUT2D eigenvalue weighted by atomic mass is 10.4. The molecule has 0 atom stereocenters. The molecule has 1 aromatic rings. The normalized spacial score (nSPS) is 9.31. The van der Waals surface area contributed by atoms with E-state index in [1.807, 2.05) is 18.8 Å². The molecule has 0 bridgehead atoms. The summed E-state index contributed by atoms with van der Waals surface area (Å²) in [5.74, 6) is 1.20. The quantitative estimate of drug-likeness (QED) is 0.602. The zero-order valence-electron chi connectivity index (χ0n) is 7.82. The molecule has 0 aromatic heterocycles. The fourth-order valence-corrected chi connectivity index (χ4v) is 1.83. The molecule has 13 heavy (non-hydrogen) atoms. The van der Waals surface area contributed by atoms with Gasteiger partial charge in [-0.15, -0.1) is 24.2 Å². The lowest BCUT2D eigenvalue weighted by Gasteiger charge is -2.00. The Kier molecular flexibility index (Phi) is 8.30. The highest BCUT2D eigenvalue weighted by atomic mass is 35.5. The van der Waals surface area contributed by atoms with Crippen LogP contribution < -0.4 is 5.32 Å². The lowest BCUT2D eigenvalue weighted by molar-refractivity contribution is 0.778. The van der Waals surface area contributed by atoms with Gasteiger partial charge in [0.15, 0.2) is 0 Å². The third kappa shape index (κ3) is 5.97. The van der Waals surface area contributed by atoms with Crippen LogP contribution in [0.5, 0.6) is 0 Å². The minimum atomic E-state index is 0. The Morgan fingerprint density at radius 1 is 1.23 bits per heavy atom. The number of hydrogen-bond acceptors (Lipinski definition) is 2. The van der Waals surface area contributed by atoms with Crippen LogP contribution in [0.25, 0.3) is 0 Å². The van der Waals surface area contributed by atoms with E-state index in [1.165, 1.54) is 17.1 Å². The maximum Gasteiger partial charge on any atom is 0.00719 e. The topological polar surface area (TPSA) is 12.0 Å². The first kappa shape index (κ1) is 12.8. The van der Waals surface area contributed by atoms with Crippen LogP contribution in [0, 0.1) is 0 Å². The molecule has 0 aliphatic carbocycles. The van der Waals surface area contributed by atoms with Crippen LogP contribution in [-0.4, -0.2) is 19.3 Å². The number of benzene rings is 1. The van der Waals surface area contributed by atoms with Crippen molar-refractivity contribution in [2.45, 2.75) is 11.3 Å². The molecule has 74 valence electrons. The van der Waals surface area contributed by atoms with E-state index in [2.05, 4.69) is 35.6 Å². The molecule has 0 radical (unpaired) electrons. The molecule has 0 saturated carbocycles. The highest BCUT2D eigenvalue weighted by molar-refractivity contribution is 7.99. The van der Waals surface area contributed by atoms with Crippen molar-refractivity contribution in [3.8, 4) is 0 Å². The summed E-state index contributed by atoms with van der Waals surface area (Å²) >= 11 is 1.92. The van der Waals surface area contributed by atoms with Crippen molar-refractivity contribution in [3.63, 3.8) is 0 Å². The standard InChI is InChI=1S/C10H15NS.ClH/c1-11-8-5-9-12-10-6-3-2-4-7-10;/h2-4,6-7,11H,5,8-9H2,1H3;1H. The van der Waals surface area contributed by atoms with Crippen LogP contribution in [0.1, 0.15) is 6.42 Å². The first-order chi connectivity index (χ1) is 5.93. The van der Waals surface area contributed by atoms with Crippen LogP contribution in [0.15, 0.2) is 35.2 Å². The summed E-state index contributed by atoms with van der Waals surface area (Å²) in [4.78, 5) is 1.37. The van der Waals surface area contributed by atoms with Gasteiger partial charge in [0.1, 0.15) is 0 Å². The van der Waals surface area contributed by atoms with Gasteiger partial charge in [-0.1, -0.05) is 18.2 Å². The summed E-state index contributed by atoms with van der Waals surface area (Å²) in [6.45, 7) is 1.11. The molecule has 0 spiro atoms. The van der Waals surface area contributed by atoms with E-state index in [0.717, 1.165) is 6.54 Å². The highest BCUT2D eigenvalue weighted by Gasteiger charge is 1.90. The van der Waals surface area contributed by atoms with E-state index in [4.69, 9.17) is 0 Å². The van der Waals surface area contributed by atoms with Crippen LogP contribution >= 0.6 is 24.2 Å². The SMILES string of the molecule is CNCCCSc1ccccc1.Cl. The fourth-order valence-electron chi connectivity index (χ4n) is 0.956. The molecule has 0 fully saturated rings. The smallest absolute Gasteiger partial charge is 0.00719 e. The summed E-state index contributed by atoms with van der Waals surface area (Å²) in [7, 11) is 1.99. The van der Waals surface area contributed by atoms with Crippen molar-refractivity contribution in [1.29, 1.82) is 0 Å². The minimum absolute atomic E-state index is 0. The first-order valence-corrected chi connectivity index (χ1v) is 5.24. The van der Waals surface area contributed by atoms with Crippen molar-refractivity contribution >= 4 is 24.2 Å². The summed E-state index contributed by atoms with van der Waals surface area (Å²) in [6, 6.07) is 10.5. The van der Waals surface area contributed by atoms with Gasteiger partial charge in [0.05, 0.1) is 0 Å². The molecule has 0 aliphatic heterocycles. The Hall–Kier alpha value is -0.180.